The van der Waals surface area contributed by atoms with Gasteiger partial charge in [0.05, 0.1) is 72.4 Å². The van der Waals surface area contributed by atoms with Gasteiger partial charge in [-0.15, -0.1) is 4.98 Å². The molecule has 0 aliphatic heterocycles. The molecule has 0 atom stereocenters. The van der Waals surface area contributed by atoms with Crippen molar-refractivity contribution in [2.45, 2.75) is 51.4 Å². The van der Waals surface area contributed by atoms with Crippen LogP contribution in [0.5, 0.6) is 23.5 Å². The topological polar surface area (TPSA) is 173 Å². The number of unbranched alkanes of at least 4 members (excludes halogenated alkanes) is 6. The minimum atomic E-state index is 0.237. The zero-order valence-electron chi connectivity index (χ0n) is 34.5. The van der Waals surface area contributed by atoms with Crippen molar-refractivity contribution >= 4 is 28.8 Å². The number of hydrogen-bond acceptors (Lipinski definition) is 13. The van der Waals surface area contributed by atoms with Gasteiger partial charge in [-0.25, -0.2) is 0 Å². The molecule has 0 saturated heterocycles. The number of ether oxygens (including phenoxy) is 4. The summed E-state index contributed by atoms with van der Waals surface area (Å²) in [5.74, 6) is 2.04. The molecular weight excluding hydrogens is 779 g/mol. The van der Waals surface area contributed by atoms with Gasteiger partial charge in [0.25, 0.3) is 0 Å². The molecule has 0 saturated carbocycles. The Hall–Kier alpha value is -7.77. The van der Waals surface area contributed by atoms with E-state index in [1.165, 1.54) is 0 Å². The molecule has 0 amide bonds. The third-order valence-corrected chi connectivity index (χ3v) is 9.30. The highest BCUT2D eigenvalue weighted by molar-refractivity contribution is 5.59. The zero-order valence-corrected chi connectivity index (χ0v) is 34.5. The van der Waals surface area contributed by atoms with Crippen LogP contribution in [0, 0.1) is 22.7 Å². The van der Waals surface area contributed by atoms with E-state index in [9.17, 15) is 0 Å². The van der Waals surface area contributed by atoms with Crippen LogP contribution in [-0.2, 0) is 0 Å². The third kappa shape index (κ3) is 14.8. The molecule has 13 heteroatoms. The number of nitrogens with zero attached hydrogens (tertiary/aromatic N) is 9. The Morgan fingerprint density at radius 2 is 0.790 bits per heavy atom. The SMILES string of the molecule is C=Cc1ccc(-c2nc(OCCCCCCOc3ccc(N=Nc4ccc(C#N)cc4)cc3)nc(OCCCCCCOc3ccc(N=Nc4ccc(C#N)cc4)cc3)n2)cc1. The van der Waals surface area contributed by atoms with Crippen LogP contribution in [0.4, 0.5) is 22.7 Å². The molecule has 6 aromatic rings. The summed E-state index contributed by atoms with van der Waals surface area (Å²) in [5.41, 5.74) is 5.80. The summed E-state index contributed by atoms with van der Waals surface area (Å²) in [6.45, 7) is 5.99. The maximum atomic E-state index is 8.94. The molecule has 62 heavy (non-hydrogen) atoms. The molecule has 0 aliphatic rings. The Morgan fingerprint density at radius 3 is 1.15 bits per heavy atom. The number of azo groups is 2. The predicted octanol–water partition coefficient (Wildman–Crippen LogP) is 12.8. The fourth-order valence-electron chi connectivity index (χ4n) is 5.84. The molecule has 0 radical (unpaired) electrons. The largest absolute Gasteiger partial charge is 0.494 e. The number of nitriles is 2. The van der Waals surface area contributed by atoms with Crippen molar-refractivity contribution in [3.05, 3.63) is 145 Å². The van der Waals surface area contributed by atoms with Crippen molar-refractivity contribution < 1.29 is 18.9 Å². The molecule has 0 aliphatic carbocycles. The van der Waals surface area contributed by atoms with Gasteiger partial charge in [-0.3, -0.25) is 0 Å². The lowest BCUT2D eigenvalue weighted by molar-refractivity contribution is 0.249. The van der Waals surface area contributed by atoms with Crippen LogP contribution in [0.15, 0.2) is 148 Å². The maximum Gasteiger partial charge on any atom is 0.323 e. The quantitative estimate of drug-likeness (QED) is 0.0425. The van der Waals surface area contributed by atoms with E-state index < -0.39 is 0 Å². The molecule has 13 nitrogen and oxygen atoms in total. The van der Waals surface area contributed by atoms with Gasteiger partial charge in [0, 0.05) is 5.56 Å². The monoisotopic (exact) mass is 825 g/mol. The second-order valence-electron chi connectivity index (χ2n) is 14.0. The molecule has 312 valence electrons. The van der Waals surface area contributed by atoms with Crippen LogP contribution in [0.3, 0.4) is 0 Å². The smallest absolute Gasteiger partial charge is 0.323 e. The van der Waals surface area contributed by atoms with Gasteiger partial charge in [-0.1, -0.05) is 36.9 Å². The molecule has 1 aromatic heterocycles. The van der Waals surface area contributed by atoms with Gasteiger partial charge in [0.15, 0.2) is 5.82 Å². The van der Waals surface area contributed by atoms with E-state index in [4.69, 9.17) is 29.5 Å². The van der Waals surface area contributed by atoms with Gasteiger partial charge >= 0.3 is 12.0 Å². The lowest BCUT2D eigenvalue weighted by Gasteiger charge is -2.10. The maximum absolute atomic E-state index is 8.94. The number of aromatic nitrogens is 3. The molecule has 1 heterocycles. The van der Waals surface area contributed by atoms with Crippen molar-refractivity contribution in [2.75, 3.05) is 26.4 Å². The van der Waals surface area contributed by atoms with Gasteiger partial charge in [-0.2, -0.15) is 40.9 Å². The first-order chi connectivity index (χ1) is 30.6. The third-order valence-electron chi connectivity index (χ3n) is 9.30. The summed E-state index contributed by atoms with van der Waals surface area (Å²) in [7, 11) is 0. The van der Waals surface area contributed by atoms with E-state index in [1.54, 1.807) is 54.6 Å². The van der Waals surface area contributed by atoms with Crippen LogP contribution in [0.25, 0.3) is 17.5 Å². The van der Waals surface area contributed by atoms with E-state index >= 15 is 0 Å². The van der Waals surface area contributed by atoms with Gasteiger partial charge in [-0.05, 0) is 154 Å². The number of rotatable bonds is 24. The summed E-state index contributed by atoms with van der Waals surface area (Å²) in [4.78, 5) is 13.6. The van der Waals surface area contributed by atoms with E-state index in [0.717, 1.165) is 74.0 Å². The standard InChI is InChI=1S/C49H47N9O4/c1-2-37-11-17-40(18-12-37)47-52-48(61-33-9-5-3-7-31-59-45-27-23-43(24-28-45)57-55-41-19-13-38(35-50)14-20-41)54-49(53-47)62-34-10-6-4-8-32-60-46-29-25-44(26-30-46)58-56-42-21-15-39(36-51)16-22-42/h2,11-30H,1,3-10,31-34H2. The van der Waals surface area contributed by atoms with Crippen LogP contribution in [0.1, 0.15) is 68.1 Å². The van der Waals surface area contributed by atoms with Crippen molar-refractivity contribution in [1.29, 1.82) is 10.5 Å². The molecule has 0 bridgehead atoms. The summed E-state index contributed by atoms with van der Waals surface area (Å²) >= 11 is 0. The van der Waals surface area contributed by atoms with E-state index in [1.807, 2.05) is 72.8 Å². The zero-order chi connectivity index (χ0) is 43.0. The molecule has 0 N–H and O–H groups in total. The molecule has 0 spiro atoms. The Balaban J connectivity index is 0.866. The first-order valence-corrected chi connectivity index (χ1v) is 20.6. The summed E-state index contributed by atoms with van der Waals surface area (Å²) in [6, 6.07) is 41.3. The predicted molar refractivity (Wildman–Crippen MR) is 238 cm³/mol. The number of hydrogen-bond donors (Lipinski definition) is 0. The van der Waals surface area contributed by atoms with E-state index in [0.29, 0.717) is 66.1 Å². The van der Waals surface area contributed by atoms with Gasteiger partial charge < -0.3 is 18.9 Å². The Labute approximate surface area is 362 Å². The Kier molecular flexibility index (Phi) is 17.2. The average molecular weight is 826 g/mol. The Morgan fingerprint density at radius 1 is 0.435 bits per heavy atom. The highest BCUT2D eigenvalue weighted by atomic mass is 16.5. The van der Waals surface area contributed by atoms with Crippen molar-refractivity contribution in [1.82, 2.24) is 15.0 Å². The van der Waals surface area contributed by atoms with E-state index in [2.05, 4.69) is 54.1 Å². The summed E-state index contributed by atoms with van der Waals surface area (Å²) in [6.07, 6.45) is 9.20. The summed E-state index contributed by atoms with van der Waals surface area (Å²) < 4.78 is 23.8. The average Bonchev–Trinajstić information content (AvgIpc) is 3.33. The second-order valence-corrected chi connectivity index (χ2v) is 14.0. The Bertz CT molecular complexity index is 2300. The minimum absolute atomic E-state index is 0.237. The normalized spacial score (nSPS) is 10.9. The van der Waals surface area contributed by atoms with Crippen LogP contribution in [-0.4, -0.2) is 41.4 Å². The molecule has 6 rings (SSSR count). The van der Waals surface area contributed by atoms with Crippen LogP contribution < -0.4 is 18.9 Å². The highest BCUT2D eigenvalue weighted by Crippen LogP contribution is 2.25. The molecule has 0 unspecified atom stereocenters. The fraction of sp³-hybridized carbons (Fsp3) is 0.245. The van der Waals surface area contributed by atoms with Crippen LogP contribution >= 0.6 is 0 Å². The molecule has 5 aromatic carbocycles. The van der Waals surface area contributed by atoms with Crippen molar-refractivity contribution in [3.63, 3.8) is 0 Å². The van der Waals surface area contributed by atoms with Crippen molar-refractivity contribution in [2.24, 2.45) is 20.5 Å². The second kappa shape index (κ2) is 24.3. The van der Waals surface area contributed by atoms with Crippen LogP contribution in [0.2, 0.25) is 0 Å². The molecular formula is C49H47N9O4. The first-order valence-electron chi connectivity index (χ1n) is 20.6. The number of benzene rings is 5. The van der Waals surface area contributed by atoms with Gasteiger partial charge in [0.1, 0.15) is 11.5 Å². The lowest BCUT2D eigenvalue weighted by atomic mass is 10.1. The molecule has 0 fully saturated rings. The van der Waals surface area contributed by atoms with Gasteiger partial charge in [0.2, 0.25) is 0 Å². The highest BCUT2D eigenvalue weighted by Gasteiger charge is 2.11. The van der Waals surface area contributed by atoms with Crippen molar-refractivity contribution in [3.8, 4) is 47.0 Å². The summed E-state index contributed by atoms with van der Waals surface area (Å²) in [5, 5.41) is 34.8. The lowest BCUT2D eigenvalue weighted by Crippen LogP contribution is -2.08. The minimum Gasteiger partial charge on any atom is -0.494 e. The first kappa shape index (κ1) is 43.8. The fourth-order valence-corrected chi connectivity index (χ4v) is 5.84. The van der Waals surface area contributed by atoms with E-state index in [-0.39, 0.29) is 12.0 Å².